The zero-order valence-electron chi connectivity index (χ0n) is 14.7. The van der Waals surface area contributed by atoms with Gasteiger partial charge in [-0.15, -0.1) is 0 Å². The minimum Gasteiger partial charge on any atom is -0.265 e. The molecule has 0 spiro atoms. The fourth-order valence-electron chi connectivity index (χ4n) is 3.35. The first kappa shape index (κ1) is 16.6. The molecule has 0 aliphatic heterocycles. The third-order valence-electron chi connectivity index (χ3n) is 4.69. The average Bonchev–Trinajstić information content (AvgIpc) is 3.20. The first-order valence-corrected chi connectivity index (χ1v) is 8.59. The molecule has 0 bridgehead atoms. The van der Waals surface area contributed by atoms with Gasteiger partial charge in [-0.25, -0.2) is 18.3 Å². The molecule has 134 valence electrons. The topological polar surface area (TPSA) is 48.0 Å². The Morgan fingerprint density at radius 3 is 2.77 bits per heavy atom. The lowest BCUT2D eigenvalue weighted by molar-refractivity contribution is 0.150. The molecule has 0 amide bonds. The summed E-state index contributed by atoms with van der Waals surface area (Å²) in [7, 11) is 0. The minimum atomic E-state index is -2.51. The van der Waals surface area contributed by atoms with Crippen LogP contribution in [0.25, 0.3) is 16.6 Å². The van der Waals surface area contributed by atoms with E-state index in [2.05, 4.69) is 34.2 Å². The molecule has 3 heterocycles. The van der Waals surface area contributed by atoms with Crippen LogP contribution in [-0.4, -0.2) is 24.4 Å². The highest BCUT2D eigenvalue weighted by atomic mass is 19.3. The second-order valence-corrected chi connectivity index (χ2v) is 6.46. The molecule has 7 heteroatoms. The summed E-state index contributed by atoms with van der Waals surface area (Å²) < 4.78 is 29.5. The van der Waals surface area contributed by atoms with Gasteiger partial charge in [0.2, 0.25) is 0 Å². The lowest BCUT2D eigenvalue weighted by Crippen LogP contribution is -2.03. The maximum absolute atomic E-state index is 13.0. The summed E-state index contributed by atoms with van der Waals surface area (Å²) in [5, 5.41) is 9.99. The fraction of sp³-hybridized carbons (Fsp3) is 0.316. The molecule has 0 fully saturated rings. The smallest absolute Gasteiger partial charge is 0.265 e. The standard InChI is InChI=1S/C19H19F2N5/c1-12-5-3-6-14-11-22-25(18(12)14)10-4-7-16-23-17-9-8-15(19(20)21)13(2)26(17)24-16/h3,5-6,8-9,11,19H,4,7,10H2,1-2H3. The van der Waals surface area contributed by atoms with Crippen LogP contribution in [0.4, 0.5) is 8.78 Å². The van der Waals surface area contributed by atoms with E-state index in [1.54, 1.807) is 13.0 Å². The number of hydrogen-bond donors (Lipinski definition) is 0. The molecule has 0 aliphatic carbocycles. The van der Waals surface area contributed by atoms with Crippen molar-refractivity contribution in [2.24, 2.45) is 0 Å². The van der Waals surface area contributed by atoms with E-state index in [1.165, 1.54) is 16.1 Å². The van der Waals surface area contributed by atoms with E-state index in [-0.39, 0.29) is 5.56 Å². The molecule has 0 atom stereocenters. The summed E-state index contributed by atoms with van der Waals surface area (Å²) in [6.45, 7) is 4.48. The molecule has 0 radical (unpaired) electrons. The van der Waals surface area contributed by atoms with Gasteiger partial charge in [0, 0.05) is 23.9 Å². The van der Waals surface area contributed by atoms with Crippen molar-refractivity contribution in [3.8, 4) is 0 Å². The molecule has 0 aliphatic rings. The number of alkyl halides is 2. The predicted molar refractivity (Wildman–Crippen MR) is 95.5 cm³/mol. The van der Waals surface area contributed by atoms with Gasteiger partial charge in [-0.05, 0) is 38.0 Å². The van der Waals surface area contributed by atoms with Crippen LogP contribution in [0, 0.1) is 13.8 Å². The van der Waals surface area contributed by atoms with Crippen molar-refractivity contribution in [2.75, 3.05) is 0 Å². The Labute approximate surface area is 149 Å². The number of rotatable bonds is 5. The number of fused-ring (bicyclic) bond motifs is 2. The van der Waals surface area contributed by atoms with E-state index < -0.39 is 6.43 Å². The van der Waals surface area contributed by atoms with Crippen molar-refractivity contribution in [1.82, 2.24) is 24.4 Å². The largest absolute Gasteiger partial charge is 0.265 e. The molecule has 3 aromatic heterocycles. The summed E-state index contributed by atoms with van der Waals surface area (Å²) in [5.74, 6) is 0.660. The van der Waals surface area contributed by atoms with E-state index in [0.29, 0.717) is 23.6 Å². The van der Waals surface area contributed by atoms with Crippen LogP contribution in [0.1, 0.15) is 35.5 Å². The zero-order valence-corrected chi connectivity index (χ0v) is 14.7. The summed E-state index contributed by atoms with van der Waals surface area (Å²) in [6, 6.07) is 9.18. The monoisotopic (exact) mass is 355 g/mol. The van der Waals surface area contributed by atoms with Gasteiger partial charge in [0.15, 0.2) is 11.5 Å². The summed E-state index contributed by atoms with van der Waals surface area (Å²) in [5.41, 5.74) is 3.37. The fourth-order valence-corrected chi connectivity index (χ4v) is 3.35. The summed E-state index contributed by atoms with van der Waals surface area (Å²) >= 11 is 0. The van der Waals surface area contributed by atoms with Crippen molar-refractivity contribution < 1.29 is 8.78 Å². The second kappa shape index (κ2) is 6.48. The van der Waals surface area contributed by atoms with Crippen LogP contribution in [-0.2, 0) is 13.0 Å². The third-order valence-corrected chi connectivity index (χ3v) is 4.69. The van der Waals surface area contributed by atoms with Crippen molar-refractivity contribution in [2.45, 2.75) is 39.7 Å². The van der Waals surface area contributed by atoms with Crippen LogP contribution in [0.3, 0.4) is 0 Å². The van der Waals surface area contributed by atoms with Crippen LogP contribution in [0.15, 0.2) is 36.5 Å². The number of hydrogen-bond acceptors (Lipinski definition) is 3. The van der Waals surface area contributed by atoms with E-state index in [9.17, 15) is 8.78 Å². The first-order valence-electron chi connectivity index (χ1n) is 8.59. The van der Waals surface area contributed by atoms with Gasteiger partial charge in [0.25, 0.3) is 6.43 Å². The maximum atomic E-state index is 13.0. The minimum absolute atomic E-state index is 0.00700. The predicted octanol–water partition coefficient (Wildman–Crippen LogP) is 4.27. The van der Waals surface area contributed by atoms with E-state index in [4.69, 9.17) is 0 Å². The van der Waals surface area contributed by atoms with Gasteiger partial charge in [0.1, 0.15) is 0 Å². The third kappa shape index (κ3) is 2.83. The molecule has 4 rings (SSSR count). The van der Waals surface area contributed by atoms with Gasteiger partial charge in [-0.1, -0.05) is 18.2 Å². The molecule has 0 saturated heterocycles. The lowest BCUT2D eigenvalue weighted by atomic mass is 10.2. The molecule has 26 heavy (non-hydrogen) atoms. The lowest BCUT2D eigenvalue weighted by Gasteiger charge is -2.05. The number of aryl methyl sites for hydroxylation is 4. The number of para-hydroxylation sites is 1. The van der Waals surface area contributed by atoms with E-state index >= 15 is 0 Å². The molecule has 1 aromatic carbocycles. The molecule has 0 saturated carbocycles. The van der Waals surface area contributed by atoms with E-state index in [1.807, 2.05) is 16.9 Å². The summed E-state index contributed by atoms with van der Waals surface area (Å²) in [6.07, 6.45) is 0.852. The Bertz CT molecular complexity index is 1080. The highest BCUT2D eigenvalue weighted by Crippen LogP contribution is 2.23. The number of nitrogens with zero attached hydrogens (tertiary/aromatic N) is 5. The van der Waals surface area contributed by atoms with Gasteiger partial charge in [-0.2, -0.15) is 10.2 Å². The van der Waals surface area contributed by atoms with Crippen LogP contribution in [0.2, 0.25) is 0 Å². The van der Waals surface area contributed by atoms with Crippen molar-refractivity contribution in [1.29, 1.82) is 0 Å². The van der Waals surface area contributed by atoms with Gasteiger partial charge in [-0.3, -0.25) is 4.68 Å². The second-order valence-electron chi connectivity index (χ2n) is 6.46. The van der Waals surface area contributed by atoms with Crippen LogP contribution in [0.5, 0.6) is 0 Å². The quantitative estimate of drug-likeness (QED) is 0.537. The maximum Gasteiger partial charge on any atom is 0.265 e. The molecular formula is C19H19F2N5. The van der Waals surface area contributed by atoms with Gasteiger partial charge in [0.05, 0.1) is 17.4 Å². The van der Waals surface area contributed by atoms with Crippen molar-refractivity contribution in [3.05, 3.63) is 59.2 Å². The van der Waals surface area contributed by atoms with Gasteiger partial charge >= 0.3 is 0 Å². The number of aromatic nitrogens is 5. The molecule has 0 unspecified atom stereocenters. The van der Waals surface area contributed by atoms with Gasteiger partial charge < -0.3 is 0 Å². The first-order chi connectivity index (χ1) is 12.5. The Morgan fingerprint density at radius 2 is 1.96 bits per heavy atom. The Hall–Kier alpha value is -2.83. The highest BCUT2D eigenvalue weighted by molar-refractivity contribution is 5.81. The average molecular weight is 355 g/mol. The van der Waals surface area contributed by atoms with Crippen molar-refractivity contribution >= 4 is 16.6 Å². The molecule has 5 nitrogen and oxygen atoms in total. The van der Waals surface area contributed by atoms with E-state index in [0.717, 1.165) is 23.9 Å². The highest BCUT2D eigenvalue weighted by Gasteiger charge is 2.15. The number of halogens is 2. The number of pyridine rings is 1. The zero-order chi connectivity index (χ0) is 18.3. The molecule has 4 aromatic rings. The Balaban J connectivity index is 1.52. The molecular weight excluding hydrogens is 336 g/mol. The van der Waals surface area contributed by atoms with Crippen LogP contribution < -0.4 is 0 Å². The Kier molecular flexibility index (Phi) is 4.14. The van der Waals surface area contributed by atoms with Crippen molar-refractivity contribution in [3.63, 3.8) is 0 Å². The Morgan fingerprint density at radius 1 is 1.12 bits per heavy atom. The normalized spacial score (nSPS) is 11.9. The molecule has 0 N–H and O–H groups in total. The summed E-state index contributed by atoms with van der Waals surface area (Å²) in [4.78, 5) is 4.45. The SMILES string of the molecule is Cc1cccc2cnn(CCCc3nc4ccc(C(F)F)c(C)n4n3)c12. The van der Waals surface area contributed by atoms with Crippen LogP contribution >= 0.6 is 0 Å². The number of benzene rings is 1.